The summed E-state index contributed by atoms with van der Waals surface area (Å²) < 4.78 is 0. The fourth-order valence-electron chi connectivity index (χ4n) is 8.56. The molecule has 0 bridgehead atoms. The maximum absolute atomic E-state index is 13.3. The highest BCUT2D eigenvalue weighted by Crippen LogP contribution is 2.26. The van der Waals surface area contributed by atoms with Crippen LogP contribution in [0, 0.1) is 0 Å². The van der Waals surface area contributed by atoms with Crippen molar-refractivity contribution < 1.29 is 19.2 Å². The van der Waals surface area contributed by atoms with E-state index in [1.165, 1.54) is 5.56 Å². The number of fused-ring (bicyclic) bond motifs is 2. The third-order valence-electron chi connectivity index (χ3n) is 12.4. The zero-order valence-electron chi connectivity index (χ0n) is 37.4. The van der Waals surface area contributed by atoms with Crippen LogP contribution in [0.1, 0.15) is 68.2 Å². The second kappa shape index (κ2) is 21.8. The summed E-state index contributed by atoms with van der Waals surface area (Å²) in [5.41, 5.74) is 22.4. The number of benzene rings is 4. The van der Waals surface area contributed by atoms with Crippen molar-refractivity contribution in [2.45, 2.75) is 102 Å². The fourth-order valence-corrected chi connectivity index (χ4v) is 8.56. The van der Waals surface area contributed by atoms with Crippen LogP contribution >= 0.6 is 0 Å². The highest BCUT2D eigenvalue weighted by atomic mass is 16.2. The number of aromatic nitrogens is 2. The second-order valence-electron chi connectivity index (χ2n) is 17.4. The molecule has 8 rings (SSSR count). The van der Waals surface area contributed by atoms with Crippen LogP contribution in [0.2, 0.25) is 0 Å². The normalized spacial score (nSPS) is 16.5. The molecule has 2 aromatic heterocycles. The highest BCUT2D eigenvalue weighted by molar-refractivity contribution is 5.94. The first-order valence-electron chi connectivity index (χ1n) is 22.7. The van der Waals surface area contributed by atoms with E-state index < -0.39 is 12.1 Å². The van der Waals surface area contributed by atoms with Crippen molar-refractivity contribution in [1.82, 2.24) is 30.4 Å². The summed E-state index contributed by atoms with van der Waals surface area (Å²) >= 11 is 0. The van der Waals surface area contributed by atoms with Gasteiger partial charge >= 0.3 is 0 Å². The Labute approximate surface area is 381 Å². The van der Waals surface area contributed by atoms with Crippen molar-refractivity contribution in [1.29, 1.82) is 0 Å². The average molecular weight is 876 g/mol. The molecule has 6 aromatic rings. The zero-order valence-corrected chi connectivity index (χ0v) is 37.4. The van der Waals surface area contributed by atoms with Crippen molar-refractivity contribution >= 4 is 56.7 Å². The molecule has 65 heavy (non-hydrogen) atoms. The van der Waals surface area contributed by atoms with Crippen LogP contribution in [0.5, 0.6) is 0 Å². The van der Waals surface area contributed by atoms with Crippen LogP contribution in [0.4, 0.5) is 11.6 Å². The first kappa shape index (κ1) is 46.3. The molecule has 2 saturated heterocycles. The minimum absolute atomic E-state index is 0.0444. The van der Waals surface area contributed by atoms with Crippen LogP contribution in [0.3, 0.4) is 0 Å². The predicted octanol–water partition coefficient (Wildman–Crippen LogP) is 5.91. The topological polar surface area (TPSA) is 203 Å². The number of rotatable bonds is 17. The van der Waals surface area contributed by atoms with Crippen molar-refractivity contribution in [2.24, 2.45) is 5.73 Å². The summed E-state index contributed by atoms with van der Waals surface area (Å²) in [6.07, 6.45) is 8.68. The molecule has 8 N–H and O–H groups in total. The molecular formula is C52H61N9O4. The lowest BCUT2D eigenvalue weighted by atomic mass is 9.92. The van der Waals surface area contributed by atoms with Gasteiger partial charge in [-0.25, -0.2) is 9.97 Å². The average Bonchev–Trinajstić information content (AvgIpc) is 3.28. The fraction of sp³-hybridized carbons (Fsp3) is 0.346. The summed E-state index contributed by atoms with van der Waals surface area (Å²) in [6, 6.07) is 34.4. The van der Waals surface area contributed by atoms with Crippen molar-refractivity contribution in [3.05, 3.63) is 144 Å². The first-order chi connectivity index (χ1) is 31.4. The maximum atomic E-state index is 13.3. The Morgan fingerprint density at radius 2 is 1.18 bits per heavy atom. The van der Waals surface area contributed by atoms with E-state index in [2.05, 4.69) is 52.6 Å². The molecule has 4 heterocycles. The van der Waals surface area contributed by atoms with Gasteiger partial charge in [-0.05, 0) is 96.2 Å². The molecule has 4 atom stereocenters. The van der Waals surface area contributed by atoms with Gasteiger partial charge in [0.15, 0.2) is 5.78 Å². The van der Waals surface area contributed by atoms with E-state index in [9.17, 15) is 19.2 Å². The number of carbonyl (C=O) groups excluding carboxylic acids is 4. The number of amides is 3. The van der Waals surface area contributed by atoms with Gasteiger partial charge in [-0.2, -0.15) is 0 Å². The SMILES string of the molecule is CC(C)N[C@H](CCc1ccccc1)C(=O)N1CC[C@H]1C(=O)CCc1ccc2c(N)nccc2c1.Nc1nccc2cc(CNC(=O)[C@@H]3CCN3C(=O)[C@H](N)CCc3ccccc3)ccc12. The molecule has 4 aromatic carbocycles. The van der Waals surface area contributed by atoms with E-state index in [0.29, 0.717) is 63.4 Å². The number of aryl methyl sites for hydroxylation is 3. The first-order valence-corrected chi connectivity index (χ1v) is 22.7. The third kappa shape index (κ3) is 11.9. The molecule has 13 heteroatoms. The zero-order chi connectivity index (χ0) is 45.9. The number of nitrogens with zero attached hydrogens (tertiary/aromatic N) is 4. The molecule has 2 aliphatic rings. The lowest BCUT2D eigenvalue weighted by molar-refractivity contribution is -0.148. The Bertz CT molecular complexity index is 2590. The smallest absolute Gasteiger partial charge is 0.243 e. The molecule has 2 fully saturated rings. The van der Waals surface area contributed by atoms with Gasteiger partial charge in [-0.1, -0.05) is 105 Å². The van der Waals surface area contributed by atoms with E-state index >= 15 is 0 Å². The minimum Gasteiger partial charge on any atom is -0.383 e. The minimum atomic E-state index is -0.602. The summed E-state index contributed by atoms with van der Waals surface area (Å²) in [7, 11) is 0. The van der Waals surface area contributed by atoms with E-state index in [1.54, 1.807) is 22.2 Å². The number of nitrogens with two attached hydrogens (primary N) is 3. The predicted molar refractivity (Wildman–Crippen MR) is 257 cm³/mol. The number of nitrogens with one attached hydrogen (secondary N) is 2. The number of nitrogen functional groups attached to an aromatic ring is 2. The number of hydrogen-bond acceptors (Lipinski definition) is 10. The Balaban J connectivity index is 0.000000195. The number of Topliss-reactive ketones (excluding diaryl/α,β-unsaturated/α-hetero) is 1. The maximum Gasteiger partial charge on any atom is 0.243 e. The summed E-state index contributed by atoms with van der Waals surface area (Å²) in [4.78, 5) is 63.3. The van der Waals surface area contributed by atoms with Crippen LogP contribution in [-0.4, -0.2) is 86.6 Å². The molecule has 0 radical (unpaired) electrons. The molecular weight excluding hydrogens is 815 g/mol. The molecule has 3 amide bonds. The molecule has 0 aliphatic carbocycles. The van der Waals surface area contributed by atoms with Crippen LogP contribution in [0.15, 0.2) is 122 Å². The van der Waals surface area contributed by atoms with Gasteiger partial charge in [0.1, 0.15) is 17.7 Å². The summed E-state index contributed by atoms with van der Waals surface area (Å²) in [5, 5.41) is 10.2. The van der Waals surface area contributed by atoms with Crippen molar-refractivity contribution in [2.75, 3.05) is 24.6 Å². The van der Waals surface area contributed by atoms with Gasteiger partial charge in [0.05, 0.1) is 18.1 Å². The summed E-state index contributed by atoms with van der Waals surface area (Å²) in [5.74, 6) is 0.879. The van der Waals surface area contributed by atoms with E-state index in [4.69, 9.17) is 17.2 Å². The number of ketones is 1. The Morgan fingerprint density at radius 3 is 1.74 bits per heavy atom. The summed E-state index contributed by atoms with van der Waals surface area (Å²) in [6.45, 7) is 5.70. The Kier molecular flexibility index (Phi) is 15.5. The van der Waals surface area contributed by atoms with E-state index in [1.807, 2.05) is 91.0 Å². The largest absolute Gasteiger partial charge is 0.383 e. The molecule has 13 nitrogen and oxygen atoms in total. The van der Waals surface area contributed by atoms with Gasteiger partial charge in [0.25, 0.3) is 0 Å². The molecule has 0 unspecified atom stereocenters. The Hall–Kier alpha value is -6.70. The molecule has 0 saturated carbocycles. The van der Waals surface area contributed by atoms with Gasteiger partial charge in [0.2, 0.25) is 17.7 Å². The molecule has 0 spiro atoms. The number of pyridine rings is 2. The lowest BCUT2D eigenvalue weighted by Gasteiger charge is -2.42. The third-order valence-corrected chi connectivity index (χ3v) is 12.4. The number of hydrogen-bond donors (Lipinski definition) is 5. The van der Waals surface area contributed by atoms with Gasteiger partial charge in [-0.3, -0.25) is 19.2 Å². The van der Waals surface area contributed by atoms with Crippen molar-refractivity contribution in [3.8, 4) is 0 Å². The number of anilines is 2. The number of likely N-dealkylation sites (tertiary alicyclic amines) is 2. The lowest BCUT2D eigenvalue weighted by Crippen LogP contribution is -2.61. The van der Waals surface area contributed by atoms with Crippen LogP contribution in [-0.2, 0) is 45.0 Å². The van der Waals surface area contributed by atoms with E-state index in [-0.39, 0.29) is 41.6 Å². The van der Waals surface area contributed by atoms with E-state index in [0.717, 1.165) is 57.5 Å². The van der Waals surface area contributed by atoms with Gasteiger partial charge < -0.3 is 37.6 Å². The Morgan fingerprint density at radius 1 is 0.646 bits per heavy atom. The van der Waals surface area contributed by atoms with Crippen molar-refractivity contribution in [3.63, 3.8) is 0 Å². The van der Waals surface area contributed by atoms with Gasteiger partial charge in [0, 0.05) is 55.3 Å². The standard InChI is InChI=1S/C28H34N4O2.C24H27N5O2/c1-19(2)31-24(12-9-20-6-4-3-5-7-20)28(34)32-17-15-25(32)26(33)13-10-21-8-11-23-22(18-21)14-16-30-27(23)29;25-20(9-7-16-4-2-1-3-5-16)24(31)29-13-11-21(29)23(30)28-15-17-6-8-19-18(14-17)10-12-27-22(19)26/h3-8,11,14,16,18-19,24-25,31H,9-10,12-13,15,17H2,1-2H3,(H2,29,30);1-6,8,10,12,14,20-21H,7,9,11,13,15,25H2,(H2,26,27)(H,28,30)/t24-,25+;20-,21+/m11/s1. The van der Waals surface area contributed by atoms with Crippen LogP contribution < -0.4 is 27.8 Å². The van der Waals surface area contributed by atoms with Gasteiger partial charge in [-0.15, -0.1) is 0 Å². The number of carbonyl (C=O) groups is 4. The second-order valence-corrected chi connectivity index (χ2v) is 17.4. The highest BCUT2D eigenvalue weighted by Gasteiger charge is 2.40. The van der Waals surface area contributed by atoms with Crippen LogP contribution in [0.25, 0.3) is 21.5 Å². The molecule has 338 valence electrons. The molecule has 2 aliphatic heterocycles. The monoisotopic (exact) mass is 875 g/mol. The quantitative estimate of drug-likeness (QED) is 0.0733.